The highest BCUT2D eigenvalue weighted by atomic mass is 16.5. The third-order valence-electron chi connectivity index (χ3n) is 2.33. The summed E-state index contributed by atoms with van der Waals surface area (Å²) >= 11 is 0. The molecule has 13 heavy (non-hydrogen) atoms. The molecule has 0 aliphatic carbocycles. The second-order valence-electron chi connectivity index (χ2n) is 3.58. The summed E-state index contributed by atoms with van der Waals surface area (Å²) in [6.07, 6.45) is 5.51. The van der Waals surface area contributed by atoms with Crippen LogP contribution < -0.4 is 10.6 Å². The molecule has 1 fully saturated rings. The summed E-state index contributed by atoms with van der Waals surface area (Å²) in [5.74, 6) is 0. The molecular weight excluding hydrogens is 164 g/mol. The molecule has 0 spiro atoms. The quantitative estimate of drug-likeness (QED) is 0.609. The molecule has 1 aliphatic heterocycles. The van der Waals surface area contributed by atoms with Gasteiger partial charge in [0.15, 0.2) is 0 Å². The fraction of sp³-hybridized carbons (Fsp3) is 1.00. The number of unbranched alkanes of at least 4 members (excludes halogenated alkanes) is 3. The van der Waals surface area contributed by atoms with E-state index in [1.807, 2.05) is 0 Å². The van der Waals surface area contributed by atoms with Gasteiger partial charge in [-0.1, -0.05) is 26.2 Å². The van der Waals surface area contributed by atoms with E-state index in [0.29, 0.717) is 0 Å². The average Bonchev–Trinajstić information content (AvgIpc) is 2.19. The molecule has 3 nitrogen and oxygen atoms in total. The molecule has 1 saturated heterocycles. The van der Waals surface area contributed by atoms with E-state index in [0.717, 1.165) is 26.2 Å². The Bertz CT molecular complexity index is 113. The molecule has 1 rings (SSSR count). The third-order valence-corrected chi connectivity index (χ3v) is 2.33. The van der Waals surface area contributed by atoms with Crippen molar-refractivity contribution >= 4 is 0 Å². The fourth-order valence-electron chi connectivity index (χ4n) is 1.51. The van der Waals surface area contributed by atoms with E-state index in [9.17, 15) is 0 Å². The Hall–Kier alpha value is -0.120. The van der Waals surface area contributed by atoms with Crippen LogP contribution in [0.25, 0.3) is 0 Å². The topological polar surface area (TPSA) is 33.3 Å². The van der Waals surface area contributed by atoms with E-state index in [-0.39, 0.29) is 6.23 Å². The van der Waals surface area contributed by atoms with Crippen LogP contribution in [0.5, 0.6) is 0 Å². The van der Waals surface area contributed by atoms with Gasteiger partial charge in [0.05, 0.1) is 6.61 Å². The highest BCUT2D eigenvalue weighted by molar-refractivity contribution is 4.64. The molecule has 0 aromatic heterocycles. The predicted octanol–water partition coefficient (Wildman–Crippen LogP) is 1.10. The average molecular weight is 186 g/mol. The van der Waals surface area contributed by atoms with Gasteiger partial charge in [0.25, 0.3) is 0 Å². The summed E-state index contributed by atoms with van der Waals surface area (Å²) in [5.41, 5.74) is 0. The zero-order valence-corrected chi connectivity index (χ0v) is 8.64. The Labute approximate surface area is 81.2 Å². The standard InChI is InChI=1S/C10H22N2O/c1-2-3-4-5-6-12-10-9-11-7-8-13-10/h10-12H,2-9H2,1H3. The van der Waals surface area contributed by atoms with Crippen molar-refractivity contribution in [3.63, 3.8) is 0 Å². The summed E-state index contributed by atoms with van der Waals surface area (Å²) in [5, 5.41) is 6.70. The number of hydrogen-bond acceptors (Lipinski definition) is 3. The lowest BCUT2D eigenvalue weighted by Crippen LogP contribution is -2.47. The van der Waals surface area contributed by atoms with E-state index in [4.69, 9.17) is 4.74 Å². The van der Waals surface area contributed by atoms with Crippen molar-refractivity contribution in [2.75, 3.05) is 26.2 Å². The first-order valence-corrected chi connectivity index (χ1v) is 5.49. The van der Waals surface area contributed by atoms with Gasteiger partial charge in [0, 0.05) is 13.1 Å². The van der Waals surface area contributed by atoms with Crippen molar-refractivity contribution in [3.8, 4) is 0 Å². The van der Waals surface area contributed by atoms with Crippen LogP contribution in [0, 0.1) is 0 Å². The van der Waals surface area contributed by atoms with Gasteiger partial charge in [-0.25, -0.2) is 0 Å². The molecule has 78 valence electrons. The van der Waals surface area contributed by atoms with Gasteiger partial charge in [-0.05, 0) is 13.0 Å². The van der Waals surface area contributed by atoms with Crippen LogP contribution in [0.15, 0.2) is 0 Å². The minimum atomic E-state index is 0.246. The van der Waals surface area contributed by atoms with E-state index in [2.05, 4.69) is 17.6 Å². The fourth-order valence-corrected chi connectivity index (χ4v) is 1.51. The number of nitrogens with one attached hydrogen (secondary N) is 2. The molecule has 1 heterocycles. The van der Waals surface area contributed by atoms with Crippen molar-refractivity contribution in [3.05, 3.63) is 0 Å². The van der Waals surface area contributed by atoms with Gasteiger partial charge in [-0.3, -0.25) is 5.32 Å². The summed E-state index contributed by atoms with van der Waals surface area (Å²) in [6, 6.07) is 0. The minimum Gasteiger partial charge on any atom is -0.361 e. The van der Waals surface area contributed by atoms with Crippen molar-refractivity contribution in [2.45, 2.75) is 38.8 Å². The summed E-state index contributed by atoms with van der Waals surface area (Å²) < 4.78 is 5.51. The number of hydrogen-bond donors (Lipinski definition) is 2. The van der Waals surface area contributed by atoms with Crippen LogP contribution in [0.4, 0.5) is 0 Å². The van der Waals surface area contributed by atoms with Crippen molar-refractivity contribution in [2.24, 2.45) is 0 Å². The maximum Gasteiger partial charge on any atom is 0.120 e. The van der Waals surface area contributed by atoms with Crippen LogP contribution in [-0.4, -0.2) is 32.5 Å². The Morgan fingerprint density at radius 3 is 3.00 bits per heavy atom. The van der Waals surface area contributed by atoms with Crippen LogP contribution in [0.1, 0.15) is 32.6 Å². The lowest BCUT2D eigenvalue weighted by molar-refractivity contribution is 0.00703. The van der Waals surface area contributed by atoms with Crippen LogP contribution in [0.3, 0.4) is 0 Å². The first kappa shape index (κ1) is 11.0. The zero-order chi connectivity index (χ0) is 9.36. The van der Waals surface area contributed by atoms with Crippen molar-refractivity contribution in [1.29, 1.82) is 0 Å². The van der Waals surface area contributed by atoms with Crippen LogP contribution >= 0.6 is 0 Å². The molecule has 0 aromatic carbocycles. The Balaban J connectivity index is 1.86. The van der Waals surface area contributed by atoms with Gasteiger partial charge in [-0.15, -0.1) is 0 Å². The summed E-state index contributed by atoms with van der Waals surface area (Å²) in [7, 11) is 0. The number of morpholine rings is 1. The number of rotatable bonds is 6. The molecule has 0 saturated carbocycles. The highest BCUT2D eigenvalue weighted by Crippen LogP contribution is 1.98. The maximum absolute atomic E-state index is 5.51. The first-order valence-electron chi connectivity index (χ1n) is 5.49. The van der Waals surface area contributed by atoms with Crippen molar-refractivity contribution in [1.82, 2.24) is 10.6 Å². The van der Waals surface area contributed by atoms with Gasteiger partial charge >= 0.3 is 0 Å². The molecule has 0 radical (unpaired) electrons. The molecule has 0 bridgehead atoms. The smallest absolute Gasteiger partial charge is 0.120 e. The van der Waals surface area contributed by atoms with E-state index >= 15 is 0 Å². The Kier molecular flexibility index (Phi) is 6.15. The normalized spacial score (nSPS) is 23.3. The molecule has 3 heteroatoms. The number of ether oxygens (including phenoxy) is 1. The molecular formula is C10H22N2O. The summed E-state index contributed by atoms with van der Waals surface area (Å²) in [6.45, 7) is 6.11. The van der Waals surface area contributed by atoms with Crippen molar-refractivity contribution < 1.29 is 4.74 Å². The summed E-state index contributed by atoms with van der Waals surface area (Å²) in [4.78, 5) is 0. The largest absolute Gasteiger partial charge is 0.361 e. The Morgan fingerprint density at radius 2 is 2.31 bits per heavy atom. The van der Waals surface area contributed by atoms with Gasteiger partial charge in [-0.2, -0.15) is 0 Å². The predicted molar refractivity (Wildman–Crippen MR) is 54.8 cm³/mol. The first-order chi connectivity index (χ1) is 6.43. The van der Waals surface area contributed by atoms with Crippen LogP contribution in [-0.2, 0) is 4.74 Å². The SMILES string of the molecule is CCCCCCNC1CNCCO1. The second kappa shape index (κ2) is 7.30. The molecule has 0 amide bonds. The molecule has 1 atom stereocenters. The van der Waals surface area contributed by atoms with E-state index in [1.165, 1.54) is 25.7 Å². The zero-order valence-electron chi connectivity index (χ0n) is 8.64. The highest BCUT2D eigenvalue weighted by Gasteiger charge is 2.10. The molecule has 2 N–H and O–H groups in total. The Morgan fingerprint density at radius 1 is 1.38 bits per heavy atom. The van der Waals surface area contributed by atoms with Gasteiger partial charge in [0.1, 0.15) is 6.23 Å². The minimum absolute atomic E-state index is 0.246. The molecule has 1 unspecified atom stereocenters. The third kappa shape index (κ3) is 5.24. The molecule has 0 aromatic rings. The van der Waals surface area contributed by atoms with Gasteiger partial charge < -0.3 is 10.1 Å². The molecule has 1 aliphatic rings. The lowest BCUT2D eigenvalue weighted by atomic mass is 10.2. The second-order valence-corrected chi connectivity index (χ2v) is 3.58. The van der Waals surface area contributed by atoms with E-state index in [1.54, 1.807) is 0 Å². The van der Waals surface area contributed by atoms with Gasteiger partial charge in [0.2, 0.25) is 0 Å². The van der Waals surface area contributed by atoms with Crippen LogP contribution in [0.2, 0.25) is 0 Å². The van der Waals surface area contributed by atoms with E-state index < -0.39 is 0 Å². The monoisotopic (exact) mass is 186 g/mol. The maximum atomic E-state index is 5.51. The lowest BCUT2D eigenvalue weighted by Gasteiger charge is -2.24.